The van der Waals surface area contributed by atoms with Gasteiger partial charge in [0, 0.05) is 16.0 Å². The summed E-state index contributed by atoms with van der Waals surface area (Å²) in [6, 6.07) is 11.0. The van der Waals surface area contributed by atoms with Gasteiger partial charge in [-0.15, -0.1) is 0 Å². The number of nitrogens with zero attached hydrogens (tertiary/aromatic N) is 2. The molecule has 5 heteroatoms. The third-order valence-electron chi connectivity index (χ3n) is 3.12. The van der Waals surface area contributed by atoms with Crippen molar-refractivity contribution in [2.75, 3.05) is 0 Å². The van der Waals surface area contributed by atoms with Gasteiger partial charge >= 0.3 is 0 Å². The van der Waals surface area contributed by atoms with Crippen molar-refractivity contribution in [3.05, 3.63) is 57.2 Å². The molecule has 0 fully saturated rings. The van der Waals surface area contributed by atoms with Gasteiger partial charge in [0.2, 0.25) is 0 Å². The molecular formula is C15H9Cl3N2. The van der Waals surface area contributed by atoms with Gasteiger partial charge in [0.1, 0.15) is 5.15 Å². The number of fused-ring (bicyclic) bond motifs is 1. The van der Waals surface area contributed by atoms with Crippen LogP contribution in [0, 0.1) is 6.92 Å². The van der Waals surface area contributed by atoms with E-state index in [9.17, 15) is 0 Å². The molecule has 0 amide bonds. The van der Waals surface area contributed by atoms with Crippen LogP contribution in [0.25, 0.3) is 22.3 Å². The summed E-state index contributed by atoms with van der Waals surface area (Å²) in [7, 11) is 0. The normalized spacial score (nSPS) is 11.0. The third-order valence-corrected chi connectivity index (χ3v) is 4.15. The molecule has 2 aromatic carbocycles. The number of benzene rings is 2. The van der Waals surface area contributed by atoms with Crippen molar-refractivity contribution in [1.82, 2.24) is 9.97 Å². The smallest absolute Gasteiger partial charge is 0.163 e. The molecule has 1 heterocycles. The minimum absolute atomic E-state index is 0.393. The molecule has 3 rings (SSSR count). The van der Waals surface area contributed by atoms with E-state index in [0.717, 1.165) is 22.0 Å². The van der Waals surface area contributed by atoms with E-state index in [1.807, 2.05) is 31.2 Å². The molecule has 0 radical (unpaired) electrons. The molecule has 0 aliphatic heterocycles. The maximum absolute atomic E-state index is 6.25. The number of halogens is 3. The van der Waals surface area contributed by atoms with Crippen LogP contribution in [0.15, 0.2) is 36.4 Å². The van der Waals surface area contributed by atoms with Crippen LogP contribution in [0.1, 0.15) is 5.56 Å². The number of rotatable bonds is 1. The first-order valence-corrected chi connectivity index (χ1v) is 7.08. The monoisotopic (exact) mass is 322 g/mol. The van der Waals surface area contributed by atoms with E-state index in [1.54, 1.807) is 12.1 Å². The van der Waals surface area contributed by atoms with Gasteiger partial charge in [-0.1, -0.05) is 46.9 Å². The standard InChI is InChI=1S/C15H9Cl3N2/c1-8-11(16)7-6-10-13(8)19-15(20-14(10)18)9-4-2-3-5-12(9)17/h2-7H,1H3. The second-order valence-corrected chi connectivity index (χ2v) is 5.56. The number of hydrogen-bond acceptors (Lipinski definition) is 2. The highest BCUT2D eigenvalue weighted by molar-refractivity contribution is 6.36. The molecule has 0 N–H and O–H groups in total. The highest BCUT2D eigenvalue weighted by Crippen LogP contribution is 2.32. The predicted octanol–water partition coefficient (Wildman–Crippen LogP) is 5.57. The van der Waals surface area contributed by atoms with Gasteiger partial charge in [0.25, 0.3) is 0 Å². The average molecular weight is 324 g/mol. The summed E-state index contributed by atoms with van der Waals surface area (Å²) >= 11 is 18.6. The molecule has 0 spiro atoms. The van der Waals surface area contributed by atoms with Crippen molar-refractivity contribution >= 4 is 45.7 Å². The molecule has 0 aliphatic rings. The zero-order valence-corrected chi connectivity index (χ0v) is 12.8. The third kappa shape index (κ3) is 2.24. The van der Waals surface area contributed by atoms with Crippen LogP contribution in [-0.4, -0.2) is 9.97 Å². The Hall–Kier alpha value is -1.35. The summed E-state index contributed by atoms with van der Waals surface area (Å²) in [5.74, 6) is 0.499. The topological polar surface area (TPSA) is 25.8 Å². The Morgan fingerprint density at radius 1 is 0.850 bits per heavy atom. The average Bonchev–Trinajstić information content (AvgIpc) is 2.43. The van der Waals surface area contributed by atoms with Gasteiger partial charge in [0.05, 0.1) is 10.5 Å². The van der Waals surface area contributed by atoms with Gasteiger partial charge in [0.15, 0.2) is 5.82 Å². The van der Waals surface area contributed by atoms with Crippen LogP contribution in [0.3, 0.4) is 0 Å². The fourth-order valence-corrected chi connectivity index (χ4v) is 2.64. The quantitative estimate of drug-likeness (QED) is 0.547. The van der Waals surface area contributed by atoms with Crippen molar-refractivity contribution in [3.63, 3.8) is 0 Å². The van der Waals surface area contributed by atoms with E-state index in [0.29, 0.717) is 21.0 Å². The molecule has 0 atom stereocenters. The minimum atomic E-state index is 0.393. The molecule has 0 bridgehead atoms. The molecule has 100 valence electrons. The molecule has 0 unspecified atom stereocenters. The largest absolute Gasteiger partial charge is 0.228 e. The van der Waals surface area contributed by atoms with Crippen LogP contribution in [-0.2, 0) is 0 Å². The predicted molar refractivity (Wildman–Crippen MR) is 84.7 cm³/mol. The van der Waals surface area contributed by atoms with Gasteiger partial charge in [-0.3, -0.25) is 0 Å². The van der Waals surface area contributed by atoms with E-state index in [-0.39, 0.29) is 0 Å². The maximum atomic E-state index is 6.25. The summed E-state index contributed by atoms with van der Waals surface area (Å²) in [5.41, 5.74) is 2.37. The van der Waals surface area contributed by atoms with Crippen molar-refractivity contribution in [2.24, 2.45) is 0 Å². The first-order chi connectivity index (χ1) is 9.58. The van der Waals surface area contributed by atoms with Gasteiger partial charge in [-0.05, 0) is 36.8 Å². The Bertz CT molecular complexity index is 816. The Morgan fingerprint density at radius 2 is 1.60 bits per heavy atom. The zero-order chi connectivity index (χ0) is 14.3. The second kappa shape index (κ2) is 5.21. The lowest BCUT2D eigenvalue weighted by Crippen LogP contribution is -1.94. The summed E-state index contributed by atoms with van der Waals surface area (Å²) in [4.78, 5) is 8.89. The molecule has 3 aromatic rings. The minimum Gasteiger partial charge on any atom is -0.228 e. The highest BCUT2D eigenvalue weighted by atomic mass is 35.5. The lowest BCUT2D eigenvalue weighted by molar-refractivity contribution is 1.22. The van der Waals surface area contributed by atoms with Gasteiger partial charge in [-0.2, -0.15) is 0 Å². The Kier molecular flexibility index (Phi) is 3.55. The first kappa shape index (κ1) is 13.6. The number of hydrogen-bond donors (Lipinski definition) is 0. The zero-order valence-electron chi connectivity index (χ0n) is 10.5. The summed E-state index contributed by atoms with van der Waals surface area (Å²) in [6.45, 7) is 1.91. The first-order valence-electron chi connectivity index (χ1n) is 5.95. The molecule has 0 saturated carbocycles. The van der Waals surface area contributed by atoms with Crippen LogP contribution >= 0.6 is 34.8 Å². The van der Waals surface area contributed by atoms with Crippen LogP contribution < -0.4 is 0 Å². The van der Waals surface area contributed by atoms with E-state index < -0.39 is 0 Å². The summed E-state index contributed by atoms with van der Waals surface area (Å²) in [6.07, 6.45) is 0. The molecule has 20 heavy (non-hydrogen) atoms. The number of aromatic nitrogens is 2. The fraction of sp³-hybridized carbons (Fsp3) is 0.0667. The molecular weight excluding hydrogens is 315 g/mol. The molecule has 2 nitrogen and oxygen atoms in total. The Balaban J connectivity index is 2.34. The maximum Gasteiger partial charge on any atom is 0.163 e. The Morgan fingerprint density at radius 3 is 2.35 bits per heavy atom. The van der Waals surface area contributed by atoms with Crippen molar-refractivity contribution < 1.29 is 0 Å². The van der Waals surface area contributed by atoms with Crippen LogP contribution in [0.2, 0.25) is 15.2 Å². The summed E-state index contributed by atoms with van der Waals surface area (Å²) in [5, 5.41) is 2.41. The van der Waals surface area contributed by atoms with Crippen molar-refractivity contribution in [2.45, 2.75) is 6.92 Å². The second-order valence-electron chi connectivity index (χ2n) is 4.39. The van der Waals surface area contributed by atoms with Crippen LogP contribution in [0.5, 0.6) is 0 Å². The molecule has 0 saturated heterocycles. The lowest BCUT2D eigenvalue weighted by atomic mass is 10.1. The van der Waals surface area contributed by atoms with E-state index in [2.05, 4.69) is 9.97 Å². The van der Waals surface area contributed by atoms with Gasteiger partial charge < -0.3 is 0 Å². The van der Waals surface area contributed by atoms with Crippen molar-refractivity contribution in [1.29, 1.82) is 0 Å². The number of aryl methyl sites for hydroxylation is 1. The Labute approximate surface area is 131 Å². The van der Waals surface area contributed by atoms with E-state index in [4.69, 9.17) is 34.8 Å². The molecule has 0 aliphatic carbocycles. The fourth-order valence-electron chi connectivity index (χ4n) is 2.03. The van der Waals surface area contributed by atoms with E-state index >= 15 is 0 Å². The highest BCUT2D eigenvalue weighted by Gasteiger charge is 2.13. The molecule has 1 aromatic heterocycles. The van der Waals surface area contributed by atoms with E-state index in [1.165, 1.54) is 0 Å². The SMILES string of the molecule is Cc1c(Cl)ccc2c(Cl)nc(-c3ccccc3Cl)nc12. The lowest BCUT2D eigenvalue weighted by Gasteiger charge is -2.08. The van der Waals surface area contributed by atoms with Crippen molar-refractivity contribution in [3.8, 4) is 11.4 Å². The summed E-state index contributed by atoms with van der Waals surface area (Å²) < 4.78 is 0. The van der Waals surface area contributed by atoms with Crippen LogP contribution in [0.4, 0.5) is 0 Å². The van der Waals surface area contributed by atoms with Gasteiger partial charge in [-0.25, -0.2) is 9.97 Å².